The van der Waals surface area contributed by atoms with Gasteiger partial charge in [0, 0.05) is 18.0 Å². The van der Waals surface area contributed by atoms with Crippen LogP contribution in [0.3, 0.4) is 0 Å². The number of benzene rings is 2. The lowest BCUT2D eigenvalue weighted by Gasteiger charge is -2.23. The summed E-state index contributed by atoms with van der Waals surface area (Å²) in [6, 6.07) is 9.41. The second-order valence-corrected chi connectivity index (χ2v) is 8.11. The zero-order valence-corrected chi connectivity index (χ0v) is 17.7. The third-order valence-electron chi connectivity index (χ3n) is 5.79. The number of halogens is 3. The van der Waals surface area contributed by atoms with E-state index in [2.05, 4.69) is 15.4 Å². The van der Waals surface area contributed by atoms with E-state index in [9.17, 15) is 32.7 Å². The quantitative estimate of drug-likeness (QED) is 0.558. The first-order valence-electron chi connectivity index (χ1n) is 10.5. The molecule has 8 nitrogen and oxygen atoms in total. The minimum Gasteiger partial charge on any atom is -0.508 e. The summed E-state index contributed by atoms with van der Waals surface area (Å²) < 4.78 is 46.3. The molecule has 0 radical (unpaired) electrons. The molecule has 1 amide bonds. The molecule has 2 heterocycles. The third-order valence-corrected chi connectivity index (χ3v) is 5.79. The van der Waals surface area contributed by atoms with E-state index in [1.165, 1.54) is 12.1 Å². The minimum atomic E-state index is -4.86. The van der Waals surface area contributed by atoms with E-state index in [1.54, 1.807) is 12.1 Å². The van der Waals surface area contributed by atoms with Gasteiger partial charge in [0.2, 0.25) is 0 Å². The summed E-state index contributed by atoms with van der Waals surface area (Å²) in [5.41, 5.74) is 0.593. The summed E-state index contributed by atoms with van der Waals surface area (Å²) in [6.07, 6.45) is -5.38. The number of ketones is 2. The normalized spacial score (nSPS) is 22.8. The van der Waals surface area contributed by atoms with Crippen LogP contribution in [0, 0.1) is 11.8 Å². The molecule has 4 rings (SSSR count). The Bertz CT molecular complexity index is 1090. The highest BCUT2D eigenvalue weighted by molar-refractivity contribution is 6.00. The maximum absolute atomic E-state index is 13.4. The van der Waals surface area contributed by atoms with Crippen LogP contribution in [-0.4, -0.2) is 54.4 Å². The minimum absolute atomic E-state index is 0.0164. The highest BCUT2D eigenvalue weighted by Crippen LogP contribution is 2.31. The summed E-state index contributed by atoms with van der Waals surface area (Å²) in [7, 11) is 0. The summed E-state index contributed by atoms with van der Waals surface area (Å²) >= 11 is 0. The van der Waals surface area contributed by atoms with Gasteiger partial charge in [-0.15, -0.1) is 13.2 Å². The van der Waals surface area contributed by atoms with Gasteiger partial charge in [0.05, 0.1) is 12.0 Å². The smallest absolute Gasteiger partial charge is 0.508 e. The largest absolute Gasteiger partial charge is 0.573 e. The van der Waals surface area contributed by atoms with Gasteiger partial charge in [0.15, 0.2) is 11.6 Å². The number of nitrogens with one attached hydrogen (secondary N) is 2. The molecule has 2 saturated heterocycles. The molecule has 2 aromatic carbocycles. The molecule has 4 unspecified atom stereocenters. The van der Waals surface area contributed by atoms with Gasteiger partial charge in [-0.1, -0.05) is 12.1 Å². The van der Waals surface area contributed by atoms with Crippen molar-refractivity contribution in [1.29, 1.82) is 0 Å². The molecule has 2 aliphatic heterocycles. The lowest BCUT2D eigenvalue weighted by atomic mass is 9.84. The van der Waals surface area contributed by atoms with Gasteiger partial charge in [-0.3, -0.25) is 19.7 Å². The number of amides is 1. The fourth-order valence-corrected chi connectivity index (χ4v) is 4.26. The van der Waals surface area contributed by atoms with Crippen molar-refractivity contribution in [3.8, 4) is 11.5 Å². The maximum atomic E-state index is 13.4. The topological polar surface area (TPSA) is 114 Å². The molecule has 11 heteroatoms. The van der Waals surface area contributed by atoms with Crippen LogP contribution in [0.5, 0.6) is 11.5 Å². The van der Waals surface area contributed by atoms with Crippen LogP contribution in [0.15, 0.2) is 48.5 Å². The average Bonchev–Trinajstić information content (AvgIpc) is 3.35. The molecule has 2 aromatic rings. The van der Waals surface area contributed by atoms with Crippen LogP contribution in [0.1, 0.15) is 15.9 Å². The van der Waals surface area contributed by atoms with E-state index in [1.807, 2.05) is 0 Å². The maximum Gasteiger partial charge on any atom is 0.573 e. The standard InChI is InChI=1S/C23H21F3N2O6/c24-23(25,26)34-15-6-4-13(5-7-15)21(32)28-17(9-12-2-1-3-14(29)8-12)20(31)16-10-27-22-19(16)18(30)11-33-22/h1-8,16-17,19,22,27,29H,9-11H2,(H,28,32). The molecule has 4 atom stereocenters. The first-order chi connectivity index (χ1) is 16.1. The van der Waals surface area contributed by atoms with E-state index in [0.29, 0.717) is 5.56 Å². The van der Waals surface area contributed by atoms with Crippen molar-refractivity contribution >= 4 is 17.5 Å². The van der Waals surface area contributed by atoms with Crippen molar-refractivity contribution in [1.82, 2.24) is 10.6 Å². The molecular weight excluding hydrogens is 457 g/mol. The number of ether oxygens (including phenoxy) is 2. The number of carbonyl (C=O) groups excluding carboxylic acids is 3. The number of alkyl halides is 3. The molecule has 2 aliphatic rings. The Morgan fingerprint density at radius 2 is 1.94 bits per heavy atom. The Hall–Kier alpha value is -3.44. The van der Waals surface area contributed by atoms with Gasteiger partial charge in [-0.2, -0.15) is 0 Å². The molecule has 0 aliphatic carbocycles. The number of rotatable bonds is 7. The molecule has 180 valence electrons. The van der Waals surface area contributed by atoms with E-state index >= 15 is 0 Å². The number of hydrogen-bond donors (Lipinski definition) is 3. The van der Waals surface area contributed by atoms with Crippen molar-refractivity contribution < 1.29 is 42.1 Å². The molecule has 0 spiro atoms. The third kappa shape index (κ3) is 5.37. The Balaban J connectivity index is 1.53. The molecular formula is C23H21F3N2O6. The lowest BCUT2D eigenvalue weighted by Crippen LogP contribution is -2.47. The van der Waals surface area contributed by atoms with E-state index < -0.39 is 42.1 Å². The molecule has 2 fully saturated rings. The molecule has 0 saturated carbocycles. The fourth-order valence-electron chi connectivity index (χ4n) is 4.26. The second-order valence-electron chi connectivity index (χ2n) is 8.11. The summed E-state index contributed by atoms with van der Waals surface area (Å²) in [6.45, 7) is 0.109. The number of fused-ring (bicyclic) bond motifs is 1. The number of phenolic OH excluding ortho intramolecular Hbond substituents is 1. The Morgan fingerprint density at radius 1 is 1.21 bits per heavy atom. The van der Waals surface area contributed by atoms with Crippen molar-refractivity contribution in [2.24, 2.45) is 11.8 Å². The number of carbonyl (C=O) groups is 3. The Labute approximate surface area is 192 Å². The Kier molecular flexibility index (Phi) is 6.58. The van der Waals surface area contributed by atoms with Gasteiger partial charge in [0.1, 0.15) is 24.3 Å². The van der Waals surface area contributed by atoms with Gasteiger partial charge in [0.25, 0.3) is 5.91 Å². The van der Waals surface area contributed by atoms with Crippen molar-refractivity contribution in [3.05, 3.63) is 59.7 Å². The highest BCUT2D eigenvalue weighted by Gasteiger charge is 2.50. The van der Waals surface area contributed by atoms with Crippen LogP contribution in [-0.2, 0) is 20.7 Å². The van der Waals surface area contributed by atoms with Crippen LogP contribution in [0.25, 0.3) is 0 Å². The van der Waals surface area contributed by atoms with Crippen LogP contribution < -0.4 is 15.4 Å². The van der Waals surface area contributed by atoms with Crippen molar-refractivity contribution in [2.45, 2.75) is 25.1 Å². The van der Waals surface area contributed by atoms with Gasteiger partial charge < -0.3 is 19.9 Å². The van der Waals surface area contributed by atoms with Crippen LogP contribution in [0.4, 0.5) is 13.2 Å². The first kappa shape index (κ1) is 23.7. The van der Waals surface area contributed by atoms with Crippen LogP contribution >= 0.6 is 0 Å². The van der Waals surface area contributed by atoms with E-state index in [0.717, 1.165) is 24.3 Å². The van der Waals surface area contributed by atoms with Crippen molar-refractivity contribution in [2.75, 3.05) is 13.2 Å². The second kappa shape index (κ2) is 9.43. The number of phenols is 1. The predicted octanol–water partition coefficient (Wildman–Crippen LogP) is 1.96. The average molecular weight is 478 g/mol. The molecule has 0 bridgehead atoms. The predicted molar refractivity (Wildman–Crippen MR) is 111 cm³/mol. The molecule has 0 aromatic heterocycles. The van der Waals surface area contributed by atoms with Crippen molar-refractivity contribution in [3.63, 3.8) is 0 Å². The van der Waals surface area contributed by atoms with E-state index in [4.69, 9.17) is 4.74 Å². The van der Waals surface area contributed by atoms with Gasteiger partial charge >= 0.3 is 6.36 Å². The monoisotopic (exact) mass is 478 g/mol. The van der Waals surface area contributed by atoms with Gasteiger partial charge in [-0.05, 0) is 48.4 Å². The van der Waals surface area contributed by atoms with Gasteiger partial charge in [-0.25, -0.2) is 0 Å². The first-order valence-corrected chi connectivity index (χ1v) is 10.5. The molecule has 34 heavy (non-hydrogen) atoms. The fraction of sp³-hybridized carbons (Fsp3) is 0.348. The summed E-state index contributed by atoms with van der Waals surface area (Å²) in [4.78, 5) is 38.5. The number of hydrogen-bond acceptors (Lipinski definition) is 7. The highest BCUT2D eigenvalue weighted by atomic mass is 19.4. The Morgan fingerprint density at radius 3 is 2.62 bits per heavy atom. The molecule has 3 N–H and O–H groups in total. The SMILES string of the molecule is O=C(NC(Cc1cccc(O)c1)C(=O)C1CNC2OCC(=O)C21)c1ccc(OC(F)(F)F)cc1. The zero-order valence-electron chi connectivity index (χ0n) is 17.7. The number of aromatic hydroxyl groups is 1. The number of Topliss-reactive ketones (excluding diaryl/α,β-unsaturated/α-hetero) is 2. The lowest BCUT2D eigenvalue weighted by molar-refractivity contribution is -0.274. The van der Waals surface area contributed by atoms with E-state index in [-0.39, 0.29) is 42.5 Å². The van der Waals surface area contributed by atoms with Crippen LogP contribution in [0.2, 0.25) is 0 Å². The summed E-state index contributed by atoms with van der Waals surface area (Å²) in [5, 5.41) is 15.4. The summed E-state index contributed by atoms with van der Waals surface area (Å²) in [5.74, 6) is -3.14. The zero-order chi connectivity index (χ0) is 24.5.